The second-order valence-corrected chi connectivity index (χ2v) is 6.11. The molecule has 1 heterocycles. The lowest BCUT2D eigenvalue weighted by Gasteiger charge is -2.31. The van der Waals surface area contributed by atoms with E-state index in [4.69, 9.17) is 20.8 Å². The number of ether oxygens (including phenoxy) is 1. The number of halogens is 1. The third kappa shape index (κ3) is 3.07. The van der Waals surface area contributed by atoms with Gasteiger partial charge in [0.15, 0.2) is 0 Å². The standard InChI is InChI=1S/C17H18ClNO4/c1-22-14-5-4-11(18)9-12(14)16(20)19-10-17(21)7-2-3-15-13(17)6-8-23-15/h4-6,8-9,21H,2-3,7,10H2,1H3,(H,19,20). The van der Waals surface area contributed by atoms with Crippen molar-refractivity contribution in [1.82, 2.24) is 5.32 Å². The zero-order chi connectivity index (χ0) is 16.4. The second-order valence-electron chi connectivity index (χ2n) is 5.67. The number of methoxy groups -OCH3 is 1. The van der Waals surface area contributed by atoms with E-state index in [0.717, 1.165) is 24.2 Å². The molecule has 1 aromatic heterocycles. The number of carbonyl (C=O) groups excluding carboxylic acids is 1. The van der Waals surface area contributed by atoms with Gasteiger partial charge in [0.2, 0.25) is 0 Å². The number of rotatable bonds is 4. The molecule has 0 aliphatic heterocycles. The summed E-state index contributed by atoms with van der Waals surface area (Å²) in [5.41, 5.74) is -0.0175. The average Bonchev–Trinajstić information content (AvgIpc) is 3.03. The average molecular weight is 336 g/mol. The zero-order valence-electron chi connectivity index (χ0n) is 12.8. The summed E-state index contributed by atoms with van der Waals surface area (Å²) in [4.78, 5) is 12.4. The lowest BCUT2D eigenvalue weighted by Crippen LogP contribution is -2.42. The van der Waals surface area contributed by atoms with E-state index in [1.54, 1.807) is 30.5 Å². The van der Waals surface area contributed by atoms with Crippen molar-refractivity contribution in [2.45, 2.75) is 24.9 Å². The molecule has 1 aromatic carbocycles. The van der Waals surface area contributed by atoms with E-state index in [2.05, 4.69) is 5.32 Å². The molecule has 1 aliphatic carbocycles. The van der Waals surface area contributed by atoms with Crippen LogP contribution in [0.1, 0.15) is 34.5 Å². The molecular weight excluding hydrogens is 318 g/mol. The Kier molecular flexibility index (Phi) is 4.33. The number of hydrogen-bond donors (Lipinski definition) is 2. The summed E-state index contributed by atoms with van der Waals surface area (Å²) < 4.78 is 10.6. The quantitative estimate of drug-likeness (QED) is 0.901. The summed E-state index contributed by atoms with van der Waals surface area (Å²) >= 11 is 5.95. The molecule has 2 N–H and O–H groups in total. The van der Waals surface area contributed by atoms with Crippen LogP contribution in [0.3, 0.4) is 0 Å². The first kappa shape index (κ1) is 15.9. The van der Waals surface area contributed by atoms with E-state index >= 15 is 0 Å². The Hall–Kier alpha value is -1.98. The molecule has 0 saturated heterocycles. The van der Waals surface area contributed by atoms with Crippen molar-refractivity contribution < 1.29 is 19.1 Å². The molecule has 0 radical (unpaired) electrons. The van der Waals surface area contributed by atoms with Crippen molar-refractivity contribution in [2.24, 2.45) is 0 Å². The van der Waals surface area contributed by atoms with Gasteiger partial charge in [-0.1, -0.05) is 11.6 Å². The van der Waals surface area contributed by atoms with Crippen LogP contribution in [0.15, 0.2) is 34.9 Å². The molecule has 1 atom stereocenters. The van der Waals surface area contributed by atoms with E-state index in [-0.39, 0.29) is 12.5 Å². The first-order valence-corrected chi connectivity index (χ1v) is 7.82. The van der Waals surface area contributed by atoms with Gasteiger partial charge in [-0.25, -0.2) is 0 Å². The number of amides is 1. The highest BCUT2D eigenvalue weighted by atomic mass is 35.5. The molecule has 0 bridgehead atoms. The number of hydrogen-bond acceptors (Lipinski definition) is 4. The molecule has 23 heavy (non-hydrogen) atoms. The normalized spacial score (nSPS) is 20.0. The Labute approximate surface area is 139 Å². The summed E-state index contributed by atoms with van der Waals surface area (Å²) in [5, 5.41) is 14.1. The number of nitrogens with one attached hydrogen (secondary N) is 1. The van der Waals surface area contributed by atoms with Crippen LogP contribution < -0.4 is 10.1 Å². The van der Waals surface area contributed by atoms with Gasteiger partial charge in [-0.05, 0) is 37.1 Å². The van der Waals surface area contributed by atoms with Gasteiger partial charge in [-0.2, -0.15) is 0 Å². The molecule has 2 aromatic rings. The van der Waals surface area contributed by atoms with Gasteiger partial charge in [0.05, 0.1) is 25.5 Å². The van der Waals surface area contributed by atoms with E-state index in [9.17, 15) is 9.90 Å². The molecule has 6 heteroatoms. The van der Waals surface area contributed by atoms with E-state index in [1.807, 2.05) is 0 Å². The summed E-state index contributed by atoms with van der Waals surface area (Å²) in [7, 11) is 1.49. The predicted octanol–water partition coefficient (Wildman–Crippen LogP) is 2.90. The van der Waals surface area contributed by atoms with Crippen molar-refractivity contribution in [2.75, 3.05) is 13.7 Å². The fourth-order valence-electron chi connectivity index (χ4n) is 2.99. The van der Waals surface area contributed by atoms with Gasteiger partial charge < -0.3 is 19.6 Å². The largest absolute Gasteiger partial charge is 0.496 e. The molecule has 0 fully saturated rings. The molecule has 1 amide bonds. The summed E-state index contributed by atoms with van der Waals surface area (Å²) in [6.45, 7) is 0.105. The van der Waals surface area contributed by atoms with Crippen molar-refractivity contribution in [3.05, 3.63) is 52.4 Å². The van der Waals surface area contributed by atoms with Crippen LogP contribution in [0.25, 0.3) is 0 Å². The predicted molar refractivity (Wildman–Crippen MR) is 85.9 cm³/mol. The molecule has 0 spiro atoms. The maximum absolute atomic E-state index is 12.4. The Morgan fingerprint density at radius 3 is 3.09 bits per heavy atom. The fraction of sp³-hybridized carbons (Fsp3) is 0.353. The Balaban J connectivity index is 1.77. The second kappa shape index (κ2) is 6.26. The first-order valence-electron chi connectivity index (χ1n) is 7.44. The third-order valence-electron chi connectivity index (χ3n) is 4.19. The van der Waals surface area contributed by atoms with Gasteiger partial charge in [0.1, 0.15) is 17.1 Å². The van der Waals surface area contributed by atoms with Crippen molar-refractivity contribution >= 4 is 17.5 Å². The minimum atomic E-state index is -1.11. The van der Waals surface area contributed by atoms with Gasteiger partial charge >= 0.3 is 0 Å². The van der Waals surface area contributed by atoms with Crippen LogP contribution in [0.5, 0.6) is 5.75 Å². The first-order chi connectivity index (χ1) is 11.0. The molecule has 3 rings (SSSR count). The number of furan rings is 1. The SMILES string of the molecule is COc1ccc(Cl)cc1C(=O)NCC1(O)CCCc2occc21. The number of fused-ring (bicyclic) bond motifs is 1. The molecule has 1 aliphatic rings. The van der Waals surface area contributed by atoms with Crippen molar-refractivity contribution in [3.8, 4) is 5.75 Å². The molecule has 0 saturated carbocycles. The number of carbonyl (C=O) groups is 1. The molecular formula is C17H18ClNO4. The van der Waals surface area contributed by atoms with Gasteiger partial charge in [0, 0.05) is 17.0 Å². The monoisotopic (exact) mass is 335 g/mol. The maximum atomic E-state index is 12.4. The van der Waals surface area contributed by atoms with Crippen LogP contribution in [0.4, 0.5) is 0 Å². The fourth-order valence-corrected chi connectivity index (χ4v) is 3.16. The summed E-state index contributed by atoms with van der Waals surface area (Å²) in [5.74, 6) is 0.883. The molecule has 1 unspecified atom stereocenters. The minimum Gasteiger partial charge on any atom is -0.496 e. The van der Waals surface area contributed by atoms with Crippen LogP contribution in [-0.4, -0.2) is 24.7 Å². The smallest absolute Gasteiger partial charge is 0.255 e. The molecule has 122 valence electrons. The van der Waals surface area contributed by atoms with Crippen LogP contribution in [-0.2, 0) is 12.0 Å². The third-order valence-corrected chi connectivity index (χ3v) is 4.42. The highest BCUT2D eigenvalue weighted by Crippen LogP contribution is 2.35. The number of benzene rings is 1. The lowest BCUT2D eigenvalue weighted by molar-refractivity contribution is 0.0169. The van der Waals surface area contributed by atoms with Gasteiger partial charge in [0.25, 0.3) is 5.91 Å². The van der Waals surface area contributed by atoms with Gasteiger partial charge in [-0.15, -0.1) is 0 Å². The highest BCUT2D eigenvalue weighted by Gasteiger charge is 2.36. The van der Waals surface area contributed by atoms with Crippen molar-refractivity contribution in [3.63, 3.8) is 0 Å². The van der Waals surface area contributed by atoms with E-state index in [1.165, 1.54) is 7.11 Å². The summed E-state index contributed by atoms with van der Waals surface area (Å²) in [6, 6.07) is 6.61. The maximum Gasteiger partial charge on any atom is 0.255 e. The highest BCUT2D eigenvalue weighted by molar-refractivity contribution is 6.31. The molecule has 5 nitrogen and oxygen atoms in total. The van der Waals surface area contributed by atoms with Crippen LogP contribution in [0, 0.1) is 0 Å². The number of aliphatic hydroxyl groups is 1. The van der Waals surface area contributed by atoms with Crippen LogP contribution in [0.2, 0.25) is 5.02 Å². The Morgan fingerprint density at radius 1 is 1.48 bits per heavy atom. The number of aryl methyl sites for hydroxylation is 1. The van der Waals surface area contributed by atoms with Crippen molar-refractivity contribution in [1.29, 1.82) is 0 Å². The lowest BCUT2D eigenvalue weighted by atomic mass is 9.83. The Morgan fingerprint density at radius 2 is 2.30 bits per heavy atom. The zero-order valence-corrected chi connectivity index (χ0v) is 13.5. The topological polar surface area (TPSA) is 71.7 Å². The van der Waals surface area contributed by atoms with E-state index < -0.39 is 5.60 Å². The summed E-state index contributed by atoms with van der Waals surface area (Å²) in [6.07, 6.45) is 3.77. The Bertz CT molecular complexity index is 727. The minimum absolute atomic E-state index is 0.105. The van der Waals surface area contributed by atoms with E-state index in [0.29, 0.717) is 22.8 Å². The van der Waals surface area contributed by atoms with Gasteiger partial charge in [-0.3, -0.25) is 4.79 Å². The van der Waals surface area contributed by atoms with Crippen LogP contribution >= 0.6 is 11.6 Å².